The second kappa shape index (κ2) is 68.1. The first-order valence-electron chi connectivity index (χ1n) is 34.6. The molecule has 462 valence electrons. The molecule has 0 aliphatic heterocycles. The summed E-state index contributed by atoms with van der Waals surface area (Å²) in [6, 6.07) is 0. The summed E-state index contributed by atoms with van der Waals surface area (Å²) in [6.45, 7) is 6.43. The van der Waals surface area contributed by atoms with Crippen LogP contribution in [0.5, 0.6) is 0 Å². The number of rotatable bonds is 63. The van der Waals surface area contributed by atoms with E-state index in [9.17, 15) is 14.4 Å². The molecule has 1 atom stereocenters. The molecule has 0 saturated carbocycles. The number of allylic oxidation sites excluding steroid dienone is 14. The van der Waals surface area contributed by atoms with Crippen LogP contribution in [0.2, 0.25) is 0 Å². The van der Waals surface area contributed by atoms with Crippen molar-refractivity contribution < 1.29 is 28.6 Å². The Bertz CT molecular complexity index is 1520. The summed E-state index contributed by atoms with van der Waals surface area (Å²) in [6.07, 6.45) is 90.9. The molecular formula is C74H130O6. The van der Waals surface area contributed by atoms with E-state index in [1.54, 1.807) is 0 Å². The van der Waals surface area contributed by atoms with Gasteiger partial charge in [-0.05, 0) is 77.0 Å². The highest BCUT2D eigenvalue weighted by molar-refractivity contribution is 5.71. The molecule has 0 aromatic rings. The van der Waals surface area contributed by atoms with Crippen molar-refractivity contribution in [1.29, 1.82) is 0 Å². The monoisotopic (exact) mass is 1110 g/mol. The maximum Gasteiger partial charge on any atom is 0.306 e. The van der Waals surface area contributed by atoms with E-state index >= 15 is 0 Å². The van der Waals surface area contributed by atoms with Gasteiger partial charge in [-0.1, -0.05) is 337 Å². The Balaban J connectivity index is 4.14. The molecule has 6 nitrogen and oxygen atoms in total. The van der Waals surface area contributed by atoms with Crippen molar-refractivity contribution in [2.75, 3.05) is 13.2 Å². The van der Waals surface area contributed by atoms with Gasteiger partial charge in [0.15, 0.2) is 6.10 Å². The van der Waals surface area contributed by atoms with Crippen LogP contribution in [0.3, 0.4) is 0 Å². The number of ether oxygens (including phenoxy) is 3. The molecule has 80 heavy (non-hydrogen) atoms. The summed E-state index contributed by atoms with van der Waals surface area (Å²) in [4.78, 5) is 38.2. The molecule has 0 aliphatic rings. The van der Waals surface area contributed by atoms with Crippen LogP contribution in [0.4, 0.5) is 0 Å². The van der Waals surface area contributed by atoms with Crippen LogP contribution in [0.15, 0.2) is 85.1 Å². The molecule has 0 aliphatic carbocycles. The van der Waals surface area contributed by atoms with Gasteiger partial charge in [-0.15, -0.1) is 0 Å². The number of hydrogen-bond acceptors (Lipinski definition) is 6. The highest BCUT2D eigenvalue weighted by Crippen LogP contribution is 2.18. The van der Waals surface area contributed by atoms with Crippen molar-refractivity contribution in [2.24, 2.45) is 0 Å². The van der Waals surface area contributed by atoms with Crippen LogP contribution < -0.4 is 0 Å². The van der Waals surface area contributed by atoms with Crippen LogP contribution in [0, 0.1) is 0 Å². The van der Waals surface area contributed by atoms with E-state index in [2.05, 4.69) is 99.8 Å². The number of esters is 3. The Morgan fingerprint density at radius 2 is 0.537 bits per heavy atom. The van der Waals surface area contributed by atoms with Crippen molar-refractivity contribution in [1.82, 2.24) is 0 Å². The summed E-state index contributed by atoms with van der Waals surface area (Å²) in [5.74, 6) is -0.992. The maximum atomic E-state index is 12.8. The SMILES string of the molecule is CC/C=C\C/C=C\C/C=C\C/C=C\C/C=C\C/C=C\CCC(=O)OC(COC(=O)CCCCCCC/C=C\CCC)COC(=O)CCCCCCCCCCCCCCCCCCCCCCCCCCCCCCCCCCC. The molecule has 0 spiro atoms. The van der Waals surface area contributed by atoms with Gasteiger partial charge >= 0.3 is 17.9 Å². The molecule has 1 unspecified atom stereocenters. The lowest BCUT2D eigenvalue weighted by atomic mass is 10.0. The predicted octanol–water partition coefficient (Wildman–Crippen LogP) is 23.8. The second-order valence-corrected chi connectivity index (χ2v) is 23.1. The third-order valence-electron chi connectivity index (χ3n) is 15.1. The van der Waals surface area contributed by atoms with Crippen LogP contribution in [-0.4, -0.2) is 37.2 Å². The average molecular weight is 1120 g/mol. The summed E-state index contributed by atoms with van der Waals surface area (Å²) < 4.78 is 16.8. The first-order valence-corrected chi connectivity index (χ1v) is 34.6. The number of unbranched alkanes of at least 4 members (excludes halogenated alkanes) is 38. The topological polar surface area (TPSA) is 78.9 Å². The first kappa shape index (κ1) is 76.6. The molecule has 0 N–H and O–H groups in total. The van der Waals surface area contributed by atoms with Crippen molar-refractivity contribution in [2.45, 2.75) is 354 Å². The fourth-order valence-corrected chi connectivity index (χ4v) is 10.0. The lowest BCUT2D eigenvalue weighted by Crippen LogP contribution is -2.30. The van der Waals surface area contributed by atoms with Crippen molar-refractivity contribution in [3.8, 4) is 0 Å². The lowest BCUT2D eigenvalue weighted by molar-refractivity contribution is -0.166. The molecule has 0 rings (SSSR count). The molecule has 0 aromatic carbocycles. The smallest absolute Gasteiger partial charge is 0.306 e. The molecule has 0 aromatic heterocycles. The lowest BCUT2D eigenvalue weighted by Gasteiger charge is -2.18. The average Bonchev–Trinajstić information content (AvgIpc) is 3.46. The van der Waals surface area contributed by atoms with Gasteiger partial charge in [-0.3, -0.25) is 14.4 Å². The van der Waals surface area contributed by atoms with Gasteiger partial charge in [0.1, 0.15) is 13.2 Å². The van der Waals surface area contributed by atoms with Gasteiger partial charge in [-0.25, -0.2) is 0 Å². The van der Waals surface area contributed by atoms with Crippen molar-refractivity contribution in [3.05, 3.63) is 85.1 Å². The predicted molar refractivity (Wildman–Crippen MR) is 348 cm³/mol. The second-order valence-electron chi connectivity index (χ2n) is 23.1. The molecule has 0 radical (unpaired) electrons. The van der Waals surface area contributed by atoms with E-state index in [4.69, 9.17) is 14.2 Å². The fourth-order valence-electron chi connectivity index (χ4n) is 10.0. The standard InChI is InChI=1S/C74H130O6/c1-4-7-10-13-16-19-22-24-26-28-30-31-32-33-34-35-36-37-38-39-40-41-42-43-45-46-48-50-52-55-58-61-64-67-73(76)79-70-71(69-78-72(75)66-63-60-57-54-21-18-15-12-9-6-3)80-74(77)68-65-62-59-56-53-51-49-47-44-29-27-25-23-20-17-14-11-8-5-2/h8,11-12,15,17,20,25,27,44,47,51,53,59,62,71H,4-7,9-10,13-14,16,18-19,21-24,26,28-43,45-46,48-50,52,54-58,60-61,63-70H2,1-3H3/b11-8-,15-12-,20-17-,27-25-,47-44-,53-51-,62-59-. The zero-order valence-corrected chi connectivity index (χ0v) is 53.1. The Labute approximate surface area is 496 Å². The highest BCUT2D eigenvalue weighted by atomic mass is 16.6. The molecule has 0 heterocycles. The molecule has 0 bridgehead atoms. The third kappa shape index (κ3) is 65.4. The van der Waals surface area contributed by atoms with Crippen LogP contribution in [0.25, 0.3) is 0 Å². The first-order chi connectivity index (χ1) is 39.5. The molecule has 6 heteroatoms. The molecular weight excluding hydrogens is 985 g/mol. The van der Waals surface area contributed by atoms with E-state index < -0.39 is 12.1 Å². The van der Waals surface area contributed by atoms with Crippen LogP contribution in [-0.2, 0) is 28.6 Å². The molecule has 0 saturated heterocycles. The normalized spacial score (nSPS) is 12.6. The van der Waals surface area contributed by atoms with Gasteiger partial charge in [-0.2, -0.15) is 0 Å². The van der Waals surface area contributed by atoms with E-state index in [0.717, 1.165) is 96.3 Å². The number of carbonyl (C=O) groups excluding carboxylic acids is 3. The highest BCUT2D eigenvalue weighted by Gasteiger charge is 2.19. The molecule has 0 fully saturated rings. The van der Waals surface area contributed by atoms with E-state index in [1.807, 2.05) is 6.08 Å². The van der Waals surface area contributed by atoms with Gasteiger partial charge in [0, 0.05) is 19.3 Å². The van der Waals surface area contributed by atoms with E-state index in [-0.39, 0.29) is 31.6 Å². The Morgan fingerprint density at radius 1 is 0.263 bits per heavy atom. The van der Waals surface area contributed by atoms with Gasteiger partial charge in [0.05, 0.1) is 0 Å². The summed E-state index contributed by atoms with van der Waals surface area (Å²) in [7, 11) is 0. The molecule has 0 amide bonds. The van der Waals surface area contributed by atoms with Gasteiger partial charge < -0.3 is 14.2 Å². The van der Waals surface area contributed by atoms with Crippen LogP contribution >= 0.6 is 0 Å². The minimum absolute atomic E-state index is 0.107. The van der Waals surface area contributed by atoms with Crippen LogP contribution in [0.1, 0.15) is 348 Å². The Morgan fingerprint density at radius 3 is 0.863 bits per heavy atom. The Kier molecular flexibility index (Phi) is 65.2. The Hall–Kier alpha value is -3.41. The third-order valence-corrected chi connectivity index (χ3v) is 15.1. The zero-order valence-electron chi connectivity index (χ0n) is 53.1. The quantitative estimate of drug-likeness (QED) is 0.0261. The summed E-state index contributed by atoms with van der Waals surface area (Å²) in [5, 5.41) is 0. The number of hydrogen-bond donors (Lipinski definition) is 0. The van der Waals surface area contributed by atoms with Gasteiger partial charge in [0.2, 0.25) is 0 Å². The largest absolute Gasteiger partial charge is 0.462 e. The van der Waals surface area contributed by atoms with Crippen molar-refractivity contribution >= 4 is 17.9 Å². The maximum absolute atomic E-state index is 12.8. The minimum atomic E-state index is -0.820. The summed E-state index contributed by atoms with van der Waals surface area (Å²) >= 11 is 0. The zero-order chi connectivity index (χ0) is 57.8. The number of carbonyl (C=O) groups is 3. The van der Waals surface area contributed by atoms with Gasteiger partial charge in [0.25, 0.3) is 0 Å². The van der Waals surface area contributed by atoms with E-state index in [1.165, 1.54) is 205 Å². The van der Waals surface area contributed by atoms with E-state index in [0.29, 0.717) is 19.3 Å². The van der Waals surface area contributed by atoms with Crippen molar-refractivity contribution in [3.63, 3.8) is 0 Å². The fraction of sp³-hybridized carbons (Fsp3) is 0.770. The summed E-state index contributed by atoms with van der Waals surface area (Å²) in [5.41, 5.74) is 0. The minimum Gasteiger partial charge on any atom is -0.462 e.